The zero-order valence-corrected chi connectivity index (χ0v) is 8.04. The number of amides is 1. The van der Waals surface area contributed by atoms with Crippen LogP contribution in [0.2, 0.25) is 0 Å². The maximum Gasteiger partial charge on any atom is 0.248 e. The Bertz CT molecular complexity index is 299. The predicted molar refractivity (Wildman–Crippen MR) is 52.8 cm³/mol. The number of aliphatic hydroxyl groups excluding tert-OH is 1. The number of halogens is 1. The summed E-state index contributed by atoms with van der Waals surface area (Å²) in [5, 5.41) is 9.18. The van der Waals surface area contributed by atoms with E-state index in [-0.39, 0.29) is 12.4 Å². The van der Waals surface area contributed by atoms with Crippen LogP contribution in [-0.2, 0) is 0 Å². The summed E-state index contributed by atoms with van der Waals surface area (Å²) in [5.41, 5.74) is 6.19. The van der Waals surface area contributed by atoms with E-state index in [9.17, 15) is 9.90 Å². The highest BCUT2D eigenvalue weighted by Gasteiger charge is 2.03. The molecule has 1 amide bonds. The van der Waals surface area contributed by atoms with Crippen molar-refractivity contribution in [3.8, 4) is 0 Å². The number of primary amides is 1. The summed E-state index contributed by atoms with van der Waals surface area (Å²) in [5.74, 6) is -0.475. The molecular weight excluding hydrogens is 190 g/mol. The SMILES string of the molecule is CC(O)c1cccc(C(N)=O)c1.Cl. The lowest BCUT2D eigenvalue weighted by Gasteiger charge is -2.04. The van der Waals surface area contributed by atoms with Gasteiger partial charge in [0, 0.05) is 5.56 Å². The summed E-state index contributed by atoms with van der Waals surface area (Å²) in [7, 11) is 0. The lowest BCUT2D eigenvalue weighted by atomic mass is 10.1. The standard InChI is InChI=1S/C9H11NO2.ClH/c1-6(11)7-3-2-4-8(5-7)9(10)12;/h2-6,11H,1H3,(H2,10,12);1H. The first kappa shape index (κ1) is 11.9. The first-order valence-corrected chi connectivity index (χ1v) is 3.69. The van der Waals surface area contributed by atoms with Gasteiger partial charge in [0.2, 0.25) is 5.91 Å². The largest absolute Gasteiger partial charge is 0.389 e. The van der Waals surface area contributed by atoms with E-state index in [4.69, 9.17) is 5.73 Å². The van der Waals surface area contributed by atoms with Gasteiger partial charge in [-0.1, -0.05) is 12.1 Å². The number of aliphatic hydroxyl groups is 1. The monoisotopic (exact) mass is 201 g/mol. The Hall–Kier alpha value is -1.06. The molecule has 72 valence electrons. The molecule has 0 saturated heterocycles. The zero-order valence-electron chi connectivity index (χ0n) is 7.23. The number of benzene rings is 1. The fourth-order valence-corrected chi connectivity index (χ4v) is 0.952. The molecule has 0 spiro atoms. The molecule has 4 heteroatoms. The molecule has 3 N–H and O–H groups in total. The van der Waals surface area contributed by atoms with Crippen LogP contribution in [0.25, 0.3) is 0 Å². The highest BCUT2D eigenvalue weighted by atomic mass is 35.5. The van der Waals surface area contributed by atoms with Crippen LogP contribution in [0.3, 0.4) is 0 Å². The molecule has 0 fully saturated rings. The van der Waals surface area contributed by atoms with Crippen LogP contribution >= 0.6 is 12.4 Å². The first-order chi connectivity index (χ1) is 5.61. The molecule has 0 heterocycles. The average Bonchev–Trinajstić information content (AvgIpc) is 2.04. The van der Waals surface area contributed by atoms with E-state index in [0.29, 0.717) is 11.1 Å². The summed E-state index contributed by atoms with van der Waals surface area (Å²) >= 11 is 0. The van der Waals surface area contributed by atoms with Crippen LogP contribution in [0.5, 0.6) is 0 Å². The van der Waals surface area contributed by atoms with Crippen molar-refractivity contribution in [1.29, 1.82) is 0 Å². The molecule has 0 aliphatic rings. The van der Waals surface area contributed by atoms with Crippen molar-refractivity contribution < 1.29 is 9.90 Å². The maximum absolute atomic E-state index is 10.7. The van der Waals surface area contributed by atoms with Gasteiger partial charge in [-0.25, -0.2) is 0 Å². The van der Waals surface area contributed by atoms with Crippen LogP contribution in [-0.4, -0.2) is 11.0 Å². The van der Waals surface area contributed by atoms with Crippen molar-refractivity contribution in [3.05, 3.63) is 35.4 Å². The molecule has 0 aliphatic heterocycles. The number of nitrogens with two attached hydrogens (primary N) is 1. The minimum absolute atomic E-state index is 0. The van der Waals surface area contributed by atoms with Crippen LogP contribution in [0.15, 0.2) is 24.3 Å². The van der Waals surface area contributed by atoms with Gasteiger partial charge in [-0.2, -0.15) is 0 Å². The van der Waals surface area contributed by atoms with Gasteiger partial charge in [0.1, 0.15) is 0 Å². The molecule has 1 aromatic rings. The number of carbonyl (C=O) groups is 1. The van der Waals surface area contributed by atoms with Crippen molar-refractivity contribution in [2.24, 2.45) is 5.73 Å². The fourth-order valence-electron chi connectivity index (χ4n) is 0.952. The Balaban J connectivity index is 0.00000144. The van der Waals surface area contributed by atoms with E-state index in [1.165, 1.54) is 0 Å². The van der Waals surface area contributed by atoms with E-state index in [2.05, 4.69) is 0 Å². The van der Waals surface area contributed by atoms with Crippen LogP contribution < -0.4 is 5.73 Å². The summed E-state index contributed by atoms with van der Waals surface area (Å²) in [6.07, 6.45) is -0.565. The second-order valence-corrected chi connectivity index (χ2v) is 2.67. The van der Waals surface area contributed by atoms with Crippen molar-refractivity contribution in [2.45, 2.75) is 13.0 Å². The van der Waals surface area contributed by atoms with Gasteiger partial charge in [-0.05, 0) is 24.6 Å². The van der Waals surface area contributed by atoms with Crippen LogP contribution in [0, 0.1) is 0 Å². The Morgan fingerprint density at radius 1 is 1.54 bits per heavy atom. The van der Waals surface area contributed by atoms with E-state index in [1.54, 1.807) is 31.2 Å². The Morgan fingerprint density at radius 3 is 2.62 bits per heavy atom. The Morgan fingerprint density at radius 2 is 2.15 bits per heavy atom. The van der Waals surface area contributed by atoms with Gasteiger partial charge in [-0.3, -0.25) is 4.79 Å². The molecule has 0 bridgehead atoms. The third-order valence-electron chi connectivity index (χ3n) is 1.65. The molecule has 3 nitrogen and oxygen atoms in total. The molecule has 0 saturated carbocycles. The molecule has 13 heavy (non-hydrogen) atoms. The van der Waals surface area contributed by atoms with Crippen LogP contribution in [0.4, 0.5) is 0 Å². The zero-order chi connectivity index (χ0) is 9.14. The van der Waals surface area contributed by atoms with Crippen molar-refractivity contribution in [2.75, 3.05) is 0 Å². The molecule has 1 atom stereocenters. The number of hydrogen-bond acceptors (Lipinski definition) is 2. The smallest absolute Gasteiger partial charge is 0.248 e. The van der Waals surface area contributed by atoms with Crippen molar-refractivity contribution in [1.82, 2.24) is 0 Å². The van der Waals surface area contributed by atoms with Gasteiger partial charge < -0.3 is 10.8 Å². The minimum Gasteiger partial charge on any atom is -0.389 e. The van der Waals surface area contributed by atoms with Gasteiger partial charge in [0.05, 0.1) is 6.10 Å². The van der Waals surface area contributed by atoms with Gasteiger partial charge in [0.25, 0.3) is 0 Å². The Kier molecular flexibility index (Phi) is 4.45. The summed E-state index contributed by atoms with van der Waals surface area (Å²) < 4.78 is 0. The maximum atomic E-state index is 10.7. The Labute approximate surface area is 83.0 Å². The fraction of sp³-hybridized carbons (Fsp3) is 0.222. The van der Waals surface area contributed by atoms with E-state index < -0.39 is 12.0 Å². The van der Waals surface area contributed by atoms with Gasteiger partial charge in [-0.15, -0.1) is 12.4 Å². The first-order valence-electron chi connectivity index (χ1n) is 3.69. The van der Waals surface area contributed by atoms with Crippen molar-refractivity contribution >= 4 is 18.3 Å². The molecule has 1 rings (SSSR count). The lowest BCUT2D eigenvalue weighted by molar-refractivity contribution is 0.1000. The normalized spacial score (nSPS) is 11.5. The summed E-state index contributed by atoms with van der Waals surface area (Å²) in [6, 6.07) is 6.65. The minimum atomic E-state index is -0.565. The van der Waals surface area contributed by atoms with E-state index in [1.807, 2.05) is 0 Å². The quantitative estimate of drug-likeness (QED) is 0.757. The molecule has 1 unspecified atom stereocenters. The molecule has 0 radical (unpaired) electrons. The highest BCUT2D eigenvalue weighted by molar-refractivity contribution is 5.92. The topological polar surface area (TPSA) is 63.3 Å². The predicted octanol–water partition coefficient (Wildman–Crippen LogP) is 1.26. The van der Waals surface area contributed by atoms with Crippen LogP contribution in [0.1, 0.15) is 28.9 Å². The summed E-state index contributed by atoms with van der Waals surface area (Å²) in [4.78, 5) is 10.7. The second-order valence-electron chi connectivity index (χ2n) is 2.67. The number of hydrogen-bond donors (Lipinski definition) is 2. The molecular formula is C9H12ClNO2. The van der Waals surface area contributed by atoms with Crippen molar-refractivity contribution in [3.63, 3.8) is 0 Å². The third kappa shape index (κ3) is 3.05. The molecule has 0 aromatic heterocycles. The van der Waals surface area contributed by atoms with E-state index >= 15 is 0 Å². The molecule has 1 aromatic carbocycles. The highest BCUT2D eigenvalue weighted by Crippen LogP contribution is 2.12. The molecule has 0 aliphatic carbocycles. The van der Waals surface area contributed by atoms with E-state index in [0.717, 1.165) is 0 Å². The second kappa shape index (κ2) is 4.84. The van der Waals surface area contributed by atoms with Gasteiger partial charge >= 0.3 is 0 Å². The third-order valence-corrected chi connectivity index (χ3v) is 1.65. The number of carbonyl (C=O) groups excluding carboxylic acids is 1. The lowest BCUT2D eigenvalue weighted by Crippen LogP contribution is -2.11. The summed E-state index contributed by atoms with van der Waals surface area (Å²) in [6.45, 7) is 1.64. The average molecular weight is 202 g/mol. The van der Waals surface area contributed by atoms with Gasteiger partial charge in [0.15, 0.2) is 0 Å². The number of rotatable bonds is 2.